The van der Waals surface area contributed by atoms with Crippen molar-refractivity contribution in [3.63, 3.8) is 0 Å². The molecule has 5 heteroatoms. The molecule has 0 unspecified atom stereocenters. The van der Waals surface area contributed by atoms with Gasteiger partial charge in [0.05, 0.1) is 13.2 Å². The van der Waals surface area contributed by atoms with Crippen LogP contribution >= 0.6 is 0 Å². The molecule has 1 aromatic carbocycles. The quantitative estimate of drug-likeness (QED) is 0.917. The molecule has 0 saturated heterocycles. The first-order valence-electron chi connectivity index (χ1n) is 6.36. The SMILES string of the molecule is COc1ccc(C[C@@H](C#N)NC(=O)OC(C)(C)C)cc1. The van der Waals surface area contributed by atoms with Crippen molar-refractivity contribution in [2.45, 2.75) is 38.8 Å². The molecular weight excluding hydrogens is 256 g/mol. The van der Waals surface area contributed by atoms with Gasteiger partial charge in [-0.15, -0.1) is 0 Å². The summed E-state index contributed by atoms with van der Waals surface area (Å²) in [6.07, 6.45) is -0.169. The zero-order valence-corrected chi connectivity index (χ0v) is 12.3. The summed E-state index contributed by atoms with van der Waals surface area (Å²) in [5.41, 5.74) is 0.359. The Kier molecular flexibility index (Phi) is 5.39. The van der Waals surface area contributed by atoms with Gasteiger partial charge in [-0.25, -0.2) is 4.79 Å². The summed E-state index contributed by atoms with van der Waals surface area (Å²) in [4.78, 5) is 11.6. The number of nitrogens with one attached hydrogen (secondary N) is 1. The van der Waals surface area contributed by atoms with E-state index in [9.17, 15) is 4.79 Å². The van der Waals surface area contributed by atoms with Crippen molar-refractivity contribution in [3.05, 3.63) is 29.8 Å². The Balaban J connectivity index is 2.59. The predicted octanol–water partition coefficient (Wildman–Crippen LogP) is 2.65. The Morgan fingerprint density at radius 2 is 1.95 bits per heavy atom. The summed E-state index contributed by atoms with van der Waals surface area (Å²) in [5, 5.41) is 11.6. The molecule has 0 bridgehead atoms. The molecule has 0 heterocycles. The number of hydrogen-bond donors (Lipinski definition) is 1. The second kappa shape index (κ2) is 6.80. The molecule has 0 aliphatic carbocycles. The average molecular weight is 276 g/mol. The van der Waals surface area contributed by atoms with Crippen LogP contribution in [0, 0.1) is 11.3 Å². The molecule has 1 aromatic rings. The van der Waals surface area contributed by atoms with Crippen LogP contribution in [0.5, 0.6) is 5.75 Å². The van der Waals surface area contributed by atoms with Gasteiger partial charge in [-0.05, 0) is 38.5 Å². The summed E-state index contributed by atoms with van der Waals surface area (Å²) in [6, 6.07) is 8.78. The third-order valence-electron chi connectivity index (χ3n) is 2.45. The van der Waals surface area contributed by atoms with E-state index in [1.54, 1.807) is 27.9 Å². The van der Waals surface area contributed by atoms with Crippen LogP contribution in [0.15, 0.2) is 24.3 Å². The van der Waals surface area contributed by atoms with E-state index in [1.165, 1.54) is 0 Å². The van der Waals surface area contributed by atoms with E-state index in [0.717, 1.165) is 11.3 Å². The van der Waals surface area contributed by atoms with E-state index in [1.807, 2.05) is 24.3 Å². The Bertz CT molecular complexity index is 483. The first-order chi connectivity index (χ1) is 9.34. The first-order valence-corrected chi connectivity index (χ1v) is 6.36. The minimum atomic E-state index is -0.627. The fourth-order valence-electron chi connectivity index (χ4n) is 1.58. The molecule has 1 N–H and O–H groups in total. The van der Waals surface area contributed by atoms with Crippen molar-refractivity contribution in [1.29, 1.82) is 5.26 Å². The van der Waals surface area contributed by atoms with Crippen molar-refractivity contribution < 1.29 is 14.3 Å². The predicted molar refractivity (Wildman–Crippen MR) is 75.5 cm³/mol. The second-order valence-corrected chi connectivity index (χ2v) is 5.38. The molecule has 0 spiro atoms. The van der Waals surface area contributed by atoms with E-state index in [-0.39, 0.29) is 0 Å². The fraction of sp³-hybridized carbons (Fsp3) is 0.467. The maximum atomic E-state index is 11.6. The molecule has 0 aliphatic heterocycles. The highest BCUT2D eigenvalue weighted by molar-refractivity contribution is 5.68. The number of rotatable bonds is 4. The molecule has 0 aromatic heterocycles. The van der Waals surface area contributed by atoms with Gasteiger partial charge in [0.2, 0.25) is 0 Å². The number of carbonyl (C=O) groups is 1. The standard InChI is InChI=1S/C15H20N2O3/c1-15(2,3)20-14(18)17-12(10-16)9-11-5-7-13(19-4)8-6-11/h5-8,12H,9H2,1-4H3,(H,17,18)/t12-/m0/s1. The number of nitriles is 1. The smallest absolute Gasteiger partial charge is 0.408 e. The van der Waals surface area contributed by atoms with Gasteiger partial charge in [0, 0.05) is 6.42 Å². The highest BCUT2D eigenvalue weighted by atomic mass is 16.6. The lowest BCUT2D eigenvalue weighted by Gasteiger charge is -2.21. The van der Waals surface area contributed by atoms with Crippen LogP contribution in [0.2, 0.25) is 0 Å². The van der Waals surface area contributed by atoms with Crippen molar-refractivity contribution in [2.24, 2.45) is 0 Å². The molecule has 0 radical (unpaired) electrons. The number of nitrogens with zero attached hydrogens (tertiary/aromatic N) is 1. The third kappa shape index (κ3) is 5.61. The average Bonchev–Trinajstić information content (AvgIpc) is 2.36. The number of hydrogen-bond acceptors (Lipinski definition) is 4. The first kappa shape index (κ1) is 15.8. The Morgan fingerprint density at radius 1 is 1.35 bits per heavy atom. The highest BCUT2D eigenvalue weighted by Gasteiger charge is 2.19. The van der Waals surface area contributed by atoms with Crippen LogP contribution in [-0.4, -0.2) is 24.8 Å². The number of methoxy groups -OCH3 is 1. The second-order valence-electron chi connectivity index (χ2n) is 5.38. The van der Waals surface area contributed by atoms with Gasteiger partial charge in [-0.3, -0.25) is 0 Å². The van der Waals surface area contributed by atoms with E-state index >= 15 is 0 Å². The minimum absolute atomic E-state index is 0.416. The molecule has 1 atom stereocenters. The van der Waals surface area contributed by atoms with Gasteiger partial charge in [-0.1, -0.05) is 12.1 Å². The van der Waals surface area contributed by atoms with Crippen LogP contribution in [0.1, 0.15) is 26.3 Å². The zero-order valence-electron chi connectivity index (χ0n) is 12.3. The van der Waals surface area contributed by atoms with E-state index in [0.29, 0.717) is 6.42 Å². The minimum Gasteiger partial charge on any atom is -0.497 e. The van der Waals surface area contributed by atoms with Crippen molar-refractivity contribution in [1.82, 2.24) is 5.32 Å². The van der Waals surface area contributed by atoms with Gasteiger partial charge in [-0.2, -0.15) is 5.26 Å². The molecule has 1 amide bonds. The van der Waals surface area contributed by atoms with E-state index < -0.39 is 17.7 Å². The van der Waals surface area contributed by atoms with Gasteiger partial charge in [0.15, 0.2) is 0 Å². The van der Waals surface area contributed by atoms with Gasteiger partial charge in [0.1, 0.15) is 17.4 Å². The number of carbonyl (C=O) groups excluding carboxylic acids is 1. The van der Waals surface area contributed by atoms with Crippen LogP contribution in [-0.2, 0) is 11.2 Å². The summed E-state index contributed by atoms with van der Waals surface area (Å²) in [6.45, 7) is 5.33. The lowest BCUT2D eigenvalue weighted by molar-refractivity contribution is 0.0516. The summed E-state index contributed by atoms with van der Waals surface area (Å²) < 4.78 is 10.2. The maximum Gasteiger partial charge on any atom is 0.408 e. The van der Waals surface area contributed by atoms with Gasteiger partial charge in [0.25, 0.3) is 0 Å². The van der Waals surface area contributed by atoms with E-state index in [4.69, 9.17) is 14.7 Å². The van der Waals surface area contributed by atoms with Crippen LogP contribution in [0.4, 0.5) is 4.79 Å². The summed E-state index contributed by atoms with van der Waals surface area (Å²) in [7, 11) is 1.59. The number of benzene rings is 1. The monoisotopic (exact) mass is 276 g/mol. The van der Waals surface area contributed by atoms with Crippen LogP contribution in [0.3, 0.4) is 0 Å². The lowest BCUT2D eigenvalue weighted by atomic mass is 10.1. The Morgan fingerprint density at radius 3 is 2.40 bits per heavy atom. The molecular formula is C15H20N2O3. The molecule has 20 heavy (non-hydrogen) atoms. The van der Waals surface area contributed by atoms with Crippen LogP contribution in [0.25, 0.3) is 0 Å². The third-order valence-corrected chi connectivity index (χ3v) is 2.45. The normalized spacial score (nSPS) is 12.2. The molecule has 5 nitrogen and oxygen atoms in total. The molecule has 0 fully saturated rings. The van der Waals surface area contributed by atoms with E-state index in [2.05, 4.69) is 11.4 Å². The highest BCUT2D eigenvalue weighted by Crippen LogP contribution is 2.13. The van der Waals surface area contributed by atoms with Gasteiger partial charge < -0.3 is 14.8 Å². The van der Waals surface area contributed by atoms with Crippen molar-refractivity contribution in [2.75, 3.05) is 7.11 Å². The number of alkyl carbamates (subject to hydrolysis) is 1. The fourth-order valence-corrected chi connectivity index (χ4v) is 1.58. The molecule has 0 saturated carbocycles. The number of ether oxygens (including phenoxy) is 2. The lowest BCUT2D eigenvalue weighted by Crippen LogP contribution is -2.39. The summed E-state index contributed by atoms with van der Waals surface area (Å²) >= 11 is 0. The van der Waals surface area contributed by atoms with Crippen LogP contribution < -0.4 is 10.1 Å². The topological polar surface area (TPSA) is 71.3 Å². The largest absolute Gasteiger partial charge is 0.497 e. The summed E-state index contributed by atoms with van der Waals surface area (Å²) in [5.74, 6) is 0.752. The Hall–Kier alpha value is -2.22. The Labute approximate surface area is 119 Å². The number of amides is 1. The van der Waals surface area contributed by atoms with Crippen molar-refractivity contribution >= 4 is 6.09 Å². The van der Waals surface area contributed by atoms with Crippen molar-refractivity contribution in [3.8, 4) is 11.8 Å². The zero-order chi connectivity index (χ0) is 15.2. The molecule has 108 valence electrons. The van der Waals surface area contributed by atoms with Gasteiger partial charge >= 0.3 is 6.09 Å². The maximum absolute atomic E-state index is 11.6. The molecule has 1 rings (SSSR count). The molecule has 0 aliphatic rings.